The standard InChI is InChI=1S/C19H18FNO2/c1-2-3-4-5-13-6-9-16(19(22)23)17(10-13)14-7-8-15(12-21)18(20)11-14/h6-11H,2-5H2,1H3,(H,22,23)/p-1. The lowest BCUT2D eigenvalue weighted by atomic mass is 9.94. The average molecular weight is 310 g/mol. The van der Waals surface area contributed by atoms with E-state index in [9.17, 15) is 14.3 Å². The summed E-state index contributed by atoms with van der Waals surface area (Å²) in [6, 6.07) is 10.9. The number of nitriles is 1. The van der Waals surface area contributed by atoms with Gasteiger partial charge in [-0.3, -0.25) is 0 Å². The molecule has 4 heteroatoms. The molecule has 0 fully saturated rings. The minimum absolute atomic E-state index is 0.0216. The number of aryl methyl sites for hydroxylation is 1. The molecule has 2 rings (SSSR count). The summed E-state index contributed by atoms with van der Waals surface area (Å²) in [6.45, 7) is 2.12. The molecule has 0 radical (unpaired) electrons. The number of benzene rings is 2. The lowest BCUT2D eigenvalue weighted by Gasteiger charge is -2.13. The summed E-state index contributed by atoms with van der Waals surface area (Å²) >= 11 is 0. The Morgan fingerprint density at radius 1 is 1.22 bits per heavy atom. The highest BCUT2D eigenvalue weighted by Crippen LogP contribution is 2.27. The molecule has 3 nitrogen and oxygen atoms in total. The number of nitrogens with zero attached hydrogens (tertiary/aromatic N) is 1. The molecule has 0 N–H and O–H groups in total. The fraction of sp³-hybridized carbons (Fsp3) is 0.263. The van der Waals surface area contributed by atoms with Crippen LogP contribution in [0.2, 0.25) is 0 Å². The molecule has 0 bridgehead atoms. The molecule has 23 heavy (non-hydrogen) atoms. The van der Waals surface area contributed by atoms with E-state index < -0.39 is 11.8 Å². The van der Waals surface area contributed by atoms with Crippen molar-refractivity contribution in [3.63, 3.8) is 0 Å². The number of carboxylic acids is 1. The Bertz CT molecular complexity index is 762. The maximum Gasteiger partial charge on any atom is 0.141 e. The van der Waals surface area contributed by atoms with Crippen LogP contribution in [0.3, 0.4) is 0 Å². The van der Waals surface area contributed by atoms with Crippen LogP contribution in [0.25, 0.3) is 11.1 Å². The molecular formula is C19H17FNO2-. The van der Waals surface area contributed by atoms with Crippen molar-refractivity contribution in [1.29, 1.82) is 5.26 Å². The number of rotatable bonds is 6. The summed E-state index contributed by atoms with van der Waals surface area (Å²) in [7, 11) is 0. The van der Waals surface area contributed by atoms with Gasteiger partial charge in [0.2, 0.25) is 0 Å². The van der Waals surface area contributed by atoms with Crippen molar-refractivity contribution in [3.8, 4) is 17.2 Å². The van der Waals surface area contributed by atoms with E-state index in [1.807, 2.05) is 0 Å². The smallest absolute Gasteiger partial charge is 0.141 e. The predicted molar refractivity (Wildman–Crippen MR) is 84.1 cm³/mol. The van der Waals surface area contributed by atoms with E-state index in [1.54, 1.807) is 24.3 Å². The summed E-state index contributed by atoms with van der Waals surface area (Å²) in [5.41, 5.74) is 1.81. The zero-order valence-corrected chi connectivity index (χ0v) is 12.9. The maximum absolute atomic E-state index is 13.8. The number of aromatic carboxylic acids is 1. The Morgan fingerprint density at radius 2 is 2.00 bits per heavy atom. The highest BCUT2D eigenvalue weighted by atomic mass is 19.1. The number of carbonyl (C=O) groups excluding carboxylic acids is 1. The molecule has 0 unspecified atom stereocenters. The van der Waals surface area contributed by atoms with Gasteiger partial charge in [0, 0.05) is 5.56 Å². The van der Waals surface area contributed by atoms with Crippen LogP contribution in [0.1, 0.15) is 47.7 Å². The van der Waals surface area contributed by atoms with Crippen molar-refractivity contribution in [2.75, 3.05) is 0 Å². The number of carbonyl (C=O) groups is 1. The lowest BCUT2D eigenvalue weighted by molar-refractivity contribution is -0.254. The Kier molecular flexibility index (Phi) is 5.48. The Balaban J connectivity index is 2.45. The first kappa shape index (κ1) is 16.7. The highest BCUT2D eigenvalue weighted by molar-refractivity contribution is 5.95. The molecule has 0 atom stereocenters. The molecular weight excluding hydrogens is 293 g/mol. The molecule has 2 aromatic rings. The van der Waals surface area contributed by atoms with Crippen LogP contribution in [0.4, 0.5) is 4.39 Å². The van der Waals surface area contributed by atoms with Crippen molar-refractivity contribution in [2.45, 2.75) is 32.6 Å². The summed E-state index contributed by atoms with van der Waals surface area (Å²) in [5, 5.41) is 20.1. The monoisotopic (exact) mass is 310 g/mol. The Labute approximate surface area is 135 Å². The third-order valence-corrected chi connectivity index (χ3v) is 3.77. The van der Waals surface area contributed by atoms with E-state index in [0.717, 1.165) is 31.2 Å². The quantitative estimate of drug-likeness (QED) is 0.767. The van der Waals surface area contributed by atoms with Crippen LogP contribution >= 0.6 is 0 Å². The summed E-state index contributed by atoms with van der Waals surface area (Å²) in [5.74, 6) is -1.96. The molecule has 118 valence electrons. The van der Waals surface area contributed by atoms with Gasteiger partial charge in [-0.15, -0.1) is 0 Å². The van der Waals surface area contributed by atoms with Gasteiger partial charge in [0.25, 0.3) is 0 Å². The number of unbranched alkanes of at least 4 members (excludes halogenated alkanes) is 2. The first-order chi connectivity index (χ1) is 11.1. The molecule has 0 amide bonds. The number of hydrogen-bond acceptors (Lipinski definition) is 3. The topological polar surface area (TPSA) is 63.9 Å². The normalized spacial score (nSPS) is 10.3. The van der Waals surface area contributed by atoms with E-state index in [1.165, 1.54) is 18.2 Å². The fourth-order valence-electron chi connectivity index (χ4n) is 2.52. The van der Waals surface area contributed by atoms with Gasteiger partial charge in [0.1, 0.15) is 11.9 Å². The minimum Gasteiger partial charge on any atom is -0.545 e. The highest BCUT2D eigenvalue weighted by Gasteiger charge is 2.10. The molecule has 0 aromatic heterocycles. The van der Waals surface area contributed by atoms with Gasteiger partial charge in [-0.05, 0) is 41.7 Å². The molecule has 0 aliphatic rings. The van der Waals surface area contributed by atoms with E-state index in [2.05, 4.69) is 6.92 Å². The number of halogens is 1. The molecule has 0 spiro atoms. The molecule has 0 saturated heterocycles. The first-order valence-corrected chi connectivity index (χ1v) is 7.61. The van der Waals surface area contributed by atoms with Crippen molar-refractivity contribution in [3.05, 3.63) is 58.9 Å². The van der Waals surface area contributed by atoms with Crippen LogP contribution in [0.15, 0.2) is 36.4 Å². The predicted octanol–water partition coefficient (Wildman–Crippen LogP) is 3.46. The third kappa shape index (κ3) is 3.95. The second-order valence-corrected chi connectivity index (χ2v) is 5.43. The van der Waals surface area contributed by atoms with Gasteiger partial charge in [-0.25, -0.2) is 4.39 Å². The largest absolute Gasteiger partial charge is 0.545 e. The minimum atomic E-state index is -1.30. The van der Waals surface area contributed by atoms with Gasteiger partial charge in [0.05, 0.1) is 11.5 Å². The molecule has 0 heterocycles. The second kappa shape index (κ2) is 7.55. The van der Waals surface area contributed by atoms with Gasteiger partial charge in [-0.2, -0.15) is 5.26 Å². The zero-order chi connectivity index (χ0) is 16.8. The Morgan fingerprint density at radius 3 is 2.61 bits per heavy atom. The van der Waals surface area contributed by atoms with Crippen molar-refractivity contribution >= 4 is 5.97 Å². The summed E-state index contributed by atoms with van der Waals surface area (Å²) < 4.78 is 13.8. The van der Waals surface area contributed by atoms with E-state index in [4.69, 9.17) is 5.26 Å². The second-order valence-electron chi connectivity index (χ2n) is 5.43. The van der Waals surface area contributed by atoms with E-state index in [0.29, 0.717) is 11.1 Å². The number of hydrogen-bond donors (Lipinski definition) is 0. The van der Waals surface area contributed by atoms with Crippen molar-refractivity contribution < 1.29 is 14.3 Å². The SMILES string of the molecule is CCCCCc1ccc(C(=O)[O-])c(-c2ccc(C#N)c(F)c2)c1. The van der Waals surface area contributed by atoms with Crippen molar-refractivity contribution in [2.24, 2.45) is 0 Å². The van der Waals surface area contributed by atoms with Crippen LogP contribution in [0, 0.1) is 17.1 Å². The molecule has 0 aliphatic heterocycles. The number of carboxylic acid groups (broad SMARTS) is 1. The maximum atomic E-state index is 13.8. The van der Waals surface area contributed by atoms with E-state index in [-0.39, 0.29) is 11.1 Å². The lowest BCUT2D eigenvalue weighted by Crippen LogP contribution is -2.23. The summed E-state index contributed by atoms with van der Waals surface area (Å²) in [4.78, 5) is 11.3. The average Bonchev–Trinajstić information content (AvgIpc) is 2.54. The molecule has 2 aromatic carbocycles. The van der Waals surface area contributed by atoms with Crippen LogP contribution in [-0.2, 0) is 6.42 Å². The van der Waals surface area contributed by atoms with Crippen LogP contribution < -0.4 is 5.11 Å². The summed E-state index contributed by atoms with van der Waals surface area (Å²) in [6.07, 6.45) is 4.06. The van der Waals surface area contributed by atoms with Crippen molar-refractivity contribution in [1.82, 2.24) is 0 Å². The van der Waals surface area contributed by atoms with Gasteiger partial charge in [0.15, 0.2) is 0 Å². The van der Waals surface area contributed by atoms with Crippen LogP contribution in [0.5, 0.6) is 0 Å². The molecule has 0 saturated carbocycles. The van der Waals surface area contributed by atoms with Gasteiger partial charge < -0.3 is 9.90 Å². The van der Waals surface area contributed by atoms with Gasteiger partial charge in [-0.1, -0.05) is 44.0 Å². The van der Waals surface area contributed by atoms with Gasteiger partial charge >= 0.3 is 0 Å². The zero-order valence-electron chi connectivity index (χ0n) is 12.9. The van der Waals surface area contributed by atoms with Crippen LogP contribution in [-0.4, -0.2) is 5.97 Å². The fourth-order valence-corrected chi connectivity index (χ4v) is 2.52. The first-order valence-electron chi connectivity index (χ1n) is 7.61. The third-order valence-electron chi connectivity index (χ3n) is 3.77. The van der Waals surface area contributed by atoms with E-state index >= 15 is 0 Å². The Hall–Kier alpha value is -2.67. The molecule has 0 aliphatic carbocycles.